The number of rotatable bonds is 7. The highest BCUT2D eigenvalue weighted by Crippen LogP contribution is 2.52. The minimum atomic E-state index is -0.175. The molecule has 1 aliphatic rings. The van der Waals surface area contributed by atoms with Crippen LogP contribution in [0, 0.1) is 0 Å². The number of ether oxygens (including phenoxy) is 1. The van der Waals surface area contributed by atoms with E-state index < -0.39 is 0 Å². The first-order chi connectivity index (χ1) is 38.2. The van der Waals surface area contributed by atoms with E-state index >= 15 is 0 Å². The Bertz CT molecular complexity index is 4140. The van der Waals surface area contributed by atoms with Crippen LogP contribution in [0.15, 0.2) is 176 Å². The van der Waals surface area contributed by atoms with Crippen LogP contribution in [0.1, 0.15) is 133 Å². The molecule has 0 bridgehead atoms. The molecule has 3 aromatic heterocycles. The second kappa shape index (κ2) is 19.0. The molecule has 4 heterocycles. The van der Waals surface area contributed by atoms with Crippen LogP contribution in [0.3, 0.4) is 0 Å². The normalized spacial score (nSPS) is 13.8. The Kier molecular flexibility index (Phi) is 12.3. The van der Waals surface area contributed by atoms with Gasteiger partial charge in [0.15, 0.2) is 0 Å². The van der Waals surface area contributed by atoms with Gasteiger partial charge in [0, 0.05) is 66.1 Å². The monoisotopic (exact) mass is 1070 g/mol. The minimum absolute atomic E-state index is 0.0569. The smallest absolute Gasteiger partial charge is 0.137 e. The molecule has 0 atom stereocenters. The Balaban J connectivity index is 0.994. The molecule has 0 fully saturated rings. The largest absolute Gasteiger partial charge is 0.457 e. The first-order valence-electron chi connectivity index (χ1n) is 28.9. The number of thiophene rings is 1. The highest BCUT2D eigenvalue weighted by molar-refractivity contribution is 7.26. The van der Waals surface area contributed by atoms with Gasteiger partial charge in [-0.3, -0.25) is 4.57 Å². The summed E-state index contributed by atoms with van der Waals surface area (Å²) in [7, 11) is 0. The number of pyridine rings is 1. The van der Waals surface area contributed by atoms with Crippen LogP contribution < -0.4 is 14.5 Å². The molecule has 0 radical (unpaired) electrons. The van der Waals surface area contributed by atoms with E-state index in [1.54, 1.807) is 0 Å². The van der Waals surface area contributed by atoms with E-state index in [4.69, 9.17) is 11.1 Å². The lowest BCUT2D eigenvalue weighted by Gasteiger charge is -2.31. The second-order valence-corrected chi connectivity index (χ2v) is 28.5. The third-order valence-electron chi connectivity index (χ3n) is 16.4. The number of nitrogens with zero attached hydrogens (tertiary/aromatic N) is 4. The molecule has 0 amide bonds. The average molecular weight is 1070 g/mol. The first kappa shape index (κ1) is 51.7. The zero-order valence-corrected chi connectivity index (χ0v) is 50.3. The quantitative estimate of drug-likeness (QED) is 0.159. The number of hydrogen-bond acceptors (Lipinski definition) is 5. The maximum absolute atomic E-state index is 8.93. The summed E-state index contributed by atoms with van der Waals surface area (Å²) in [5.74, 6) is 2.18. The van der Waals surface area contributed by atoms with Gasteiger partial charge < -0.3 is 14.5 Å². The maximum atomic E-state index is 8.93. The van der Waals surface area contributed by atoms with E-state index in [-0.39, 0.29) is 33.2 Å². The highest BCUT2D eigenvalue weighted by atomic mass is 32.1. The van der Waals surface area contributed by atoms with Crippen LogP contribution in [0.25, 0.3) is 70.0 Å². The van der Waals surface area contributed by atoms with Crippen molar-refractivity contribution in [1.82, 2.24) is 9.55 Å². The van der Waals surface area contributed by atoms with Crippen molar-refractivity contribution in [3.05, 3.63) is 204 Å². The summed E-state index contributed by atoms with van der Waals surface area (Å²) in [4.78, 5) is 9.90. The fraction of sp³-hybridized carbons (Fsp3) is 0.284. The number of aromatic nitrogens is 2. The third-order valence-corrected chi connectivity index (χ3v) is 17.6. The summed E-state index contributed by atoms with van der Waals surface area (Å²) in [6.45, 7) is 35.1. The van der Waals surface area contributed by atoms with Crippen molar-refractivity contribution in [3.8, 4) is 39.6 Å². The van der Waals surface area contributed by atoms with Crippen LogP contribution in [0.5, 0.6) is 11.5 Å². The predicted molar refractivity (Wildman–Crippen MR) is 344 cm³/mol. The Morgan fingerprint density at radius 3 is 1.59 bits per heavy atom. The summed E-state index contributed by atoms with van der Waals surface area (Å²) in [6, 6.07) is 62.7. The fourth-order valence-corrected chi connectivity index (χ4v) is 12.8. The van der Waals surface area contributed by atoms with Gasteiger partial charge >= 0.3 is 0 Å². The van der Waals surface area contributed by atoms with Crippen LogP contribution in [-0.2, 0) is 27.1 Å². The number of benzene rings is 8. The molecule has 11 aromatic rings. The maximum Gasteiger partial charge on any atom is 0.137 e. The lowest BCUT2D eigenvalue weighted by atomic mass is 9.77. The van der Waals surface area contributed by atoms with Gasteiger partial charge in [-0.05, 0) is 127 Å². The molecular formula is C74H76N4OS. The standard InChI is InChI=1S/C74H76N4OS/c1-70(2,3)48-34-35-75-66(42-48)78-63-33-32-59-58-24-16-19-29-65(58)80-69(59)67(63)60-31-30-55(44-64(60)78)79-54-23-20-22-53(43-54)76-45-77(62-28-18-17-27-61(62)76)68-56(46-36-49(71(4,5)6)40-50(37-46)72(7,8)9)25-21-26-57(68)47-38-51(73(10,11)12)41-52(39-47)74(13,14)15/h16-44H,45H2,1-15H3/i35D. The van der Waals surface area contributed by atoms with Crippen molar-refractivity contribution >= 4 is 76.1 Å². The molecular weight excluding hydrogens is 993 g/mol. The first-order valence-corrected chi connectivity index (χ1v) is 29.3. The molecule has 0 aliphatic carbocycles. The van der Waals surface area contributed by atoms with Crippen LogP contribution >= 0.6 is 11.3 Å². The van der Waals surface area contributed by atoms with Gasteiger partial charge in [0.2, 0.25) is 0 Å². The van der Waals surface area contributed by atoms with Gasteiger partial charge in [-0.2, -0.15) is 0 Å². The summed E-state index contributed by atoms with van der Waals surface area (Å²) >= 11 is 1.83. The Morgan fingerprint density at radius 2 is 0.988 bits per heavy atom. The number of anilines is 4. The molecule has 80 heavy (non-hydrogen) atoms. The zero-order chi connectivity index (χ0) is 57.3. The third kappa shape index (κ3) is 9.53. The highest BCUT2D eigenvalue weighted by Gasteiger charge is 2.33. The molecule has 5 nitrogen and oxygen atoms in total. The van der Waals surface area contributed by atoms with Crippen molar-refractivity contribution in [2.45, 2.75) is 131 Å². The Morgan fingerprint density at radius 1 is 0.450 bits per heavy atom. The topological polar surface area (TPSA) is 33.5 Å². The van der Waals surface area contributed by atoms with E-state index in [9.17, 15) is 0 Å². The van der Waals surface area contributed by atoms with E-state index in [0.29, 0.717) is 6.67 Å². The predicted octanol–water partition coefficient (Wildman–Crippen LogP) is 21.4. The van der Waals surface area contributed by atoms with Gasteiger partial charge in [0.25, 0.3) is 0 Å². The van der Waals surface area contributed by atoms with Crippen molar-refractivity contribution in [2.75, 3.05) is 16.5 Å². The van der Waals surface area contributed by atoms with Crippen LogP contribution in [-0.4, -0.2) is 16.2 Å². The summed E-state index contributed by atoms with van der Waals surface area (Å²) < 4.78 is 20.7. The van der Waals surface area contributed by atoms with Crippen LogP contribution in [0.4, 0.5) is 22.7 Å². The van der Waals surface area contributed by atoms with Gasteiger partial charge in [-0.1, -0.05) is 201 Å². The lowest BCUT2D eigenvalue weighted by Crippen LogP contribution is -2.25. The van der Waals surface area contributed by atoms with E-state index in [2.05, 4.69) is 282 Å². The SMILES string of the molecule is [2H]c1cc(C(C)(C)C)cc(-n2c3cc(Oc4cccc(N5CN(c6c(-c7cc(C(C)(C)C)cc(C(C)(C)C)c7)cccc6-c6cc(C(C)(C)C)cc(C(C)(C)C)c6)c6ccccc65)c4)ccc3c3c4sc5ccccc5c4ccc32)n1. The van der Waals surface area contributed by atoms with E-state index in [1.807, 2.05) is 17.4 Å². The molecule has 1 aliphatic heterocycles. The van der Waals surface area contributed by atoms with Crippen molar-refractivity contribution in [1.29, 1.82) is 0 Å². The van der Waals surface area contributed by atoms with E-state index in [1.165, 1.54) is 75.8 Å². The lowest BCUT2D eigenvalue weighted by molar-refractivity contribution is 0.483. The van der Waals surface area contributed by atoms with Crippen LogP contribution in [0.2, 0.25) is 0 Å². The second-order valence-electron chi connectivity index (χ2n) is 27.4. The molecule has 404 valence electrons. The van der Waals surface area contributed by atoms with Gasteiger partial charge in [0.1, 0.15) is 24.0 Å². The molecule has 6 heteroatoms. The fourth-order valence-electron chi connectivity index (χ4n) is 11.6. The Hall–Kier alpha value is -7.67. The van der Waals surface area contributed by atoms with Gasteiger partial charge in [-0.25, -0.2) is 4.98 Å². The van der Waals surface area contributed by atoms with Gasteiger partial charge in [0.05, 0.1) is 29.5 Å². The Labute approximate surface area is 479 Å². The molecule has 12 rings (SSSR count). The van der Waals surface area contributed by atoms with Crippen molar-refractivity contribution in [3.63, 3.8) is 0 Å². The number of fused-ring (bicyclic) bond motifs is 8. The molecule has 0 saturated carbocycles. The molecule has 0 N–H and O–H groups in total. The summed E-state index contributed by atoms with van der Waals surface area (Å²) in [6.07, 6.45) is 0.246. The van der Waals surface area contributed by atoms with Crippen molar-refractivity contribution < 1.29 is 6.11 Å². The molecule has 0 spiro atoms. The average Bonchev–Trinajstić information content (AvgIpc) is 3.63. The number of hydrogen-bond donors (Lipinski definition) is 0. The van der Waals surface area contributed by atoms with E-state index in [0.717, 1.165) is 56.4 Å². The minimum Gasteiger partial charge on any atom is -0.457 e. The summed E-state index contributed by atoms with van der Waals surface area (Å²) in [5, 5.41) is 4.80. The zero-order valence-electron chi connectivity index (χ0n) is 50.5. The summed E-state index contributed by atoms with van der Waals surface area (Å²) in [5.41, 5.74) is 17.4. The van der Waals surface area contributed by atoms with Crippen molar-refractivity contribution in [2.24, 2.45) is 0 Å². The van der Waals surface area contributed by atoms with Gasteiger partial charge in [-0.15, -0.1) is 11.3 Å². The molecule has 8 aromatic carbocycles. The number of para-hydroxylation sites is 3. The molecule has 0 unspecified atom stereocenters. The molecule has 0 saturated heterocycles.